The van der Waals surface area contributed by atoms with Crippen molar-refractivity contribution in [3.63, 3.8) is 0 Å². The minimum Gasteiger partial charge on any atom is -0.147 e. The predicted molar refractivity (Wildman–Crippen MR) is 56.8 cm³/mol. The van der Waals surface area contributed by atoms with Crippen LogP contribution in [-0.2, 0) is 0 Å². The van der Waals surface area contributed by atoms with E-state index in [9.17, 15) is 0 Å². The van der Waals surface area contributed by atoms with Gasteiger partial charge in [-0.2, -0.15) is 0 Å². The highest BCUT2D eigenvalue weighted by Gasteiger charge is 1.93. The van der Waals surface area contributed by atoms with Crippen molar-refractivity contribution in [3.8, 4) is 0 Å². The Hall–Kier alpha value is -0.0600. The third-order valence-electron chi connectivity index (χ3n) is 1.23. The summed E-state index contributed by atoms with van der Waals surface area (Å²) in [6.07, 6.45) is 0. The lowest BCUT2D eigenvalue weighted by atomic mass is 10.4. The van der Waals surface area contributed by atoms with E-state index in [-0.39, 0.29) is 12.4 Å². The molecule has 2 heteroatoms. The van der Waals surface area contributed by atoms with E-state index in [0.717, 1.165) is 14.2 Å². The summed E-state index contributed by atoms with van der Waals surface area (Å²) in [5.41, 5.74) is 0.794. The second kappa shape index (κ2) is 5.57. The first-order valence-electron chi connectivity index (χ1n) is 3.60. The van der Waals surface area contributed by atoms with Crippen molar-refractivity contribution in [3.05, 3.63) is 30.3 Å². The monoisotopic (exact) mass is 188 g/mol. The number of halogens is 1. The molecule has 0 aliphatic heterocycles. The van der Waals surface area contributed by atoms with E-state index in [1.54, 1.807) is 0 Å². The third-order valence-corrected chi connectivity index (χ3v) is 2.47. The van der Waals surface area contributed by atoms with Crippen molar-refractivity contribution in [1.82, 2.24) is 0 Å². The number of hydrogen-bond acceptors (Lipinski definition) is 0. The van der Waals surface area contributed by atoms with Crippen LogP contribution in [0.25, 0.3) is 0 Å². The van der Waals surface area contributed by atoms with E-state index in [1.165, 1.54) is 5.30 Å². The molecule has 0 spiro atoms. The molecule has 0 heterocycles. The minimum absolute atomic E-state index is 0. The van der Waals surface area contributed by atoms with E-state index >= 15 is 0 Å². The smallest absolute Gasteiger partial charge is 0.0253 e. The van der Waals surface area contributed by atoms with Crippen LogP contribution in [0.15, 0.2) is 30.3 Å². The van der Waals surface area contributed by atoms with Gasteiger partial charge >= 0.3 is 0 Å². The molecule has 0 aliphatic rings. The fraction of sp³-hybridized carbons (Fsp3) is 0.333. The largest absolute Gasteiger partial charge is 0.147 e. The number of benzene rings is 1. The summed E-state index contributed by atoms with van der Waals surface area (Å²) in [5.74, 6) is 0. The summed E-state index contributed by atoms with van der Waals surface area (Å²) >= 11 is 0. The third kappa shape index (κ3) is 4.40. The van der Waals surface area contributed by atoms with Crippen LogP contribution < -0.4 is 5.30 Å². The Kier molecular flexibility index (Phi) is 5.54. The zero-order valence-electron chi connectivity index (χ0n) is 6.87. The molecular weight excluding hydrogens is 175 g/mol. The van der Waals surface area contributed by atoms with Gasteiger partial charge in [-0.3, -0.25) is 0 Å². The fourth-order valence-electron chi connectivity index (χ4n) is 0.868. The normalized spacial score (nSPS) is 10.5. The average molecular weight is 189 g/mol. The summed E-state index contributed by atoms with van der Waals surface area (Å²) in [5, 5.41) is 1.47. The van der Waals surface area contributed by atoms with Gasteiger partial charge in [0.2, 0.25) is 0 Å². The standard InChI is InChI=1S/C9H13P.ClH/c1-8(2)10-9-6-4-3-5-7-9;/h3-8,10H,1-2H3;1H. The molecule has 1 atom stereocenters. The molecule has 0 aliphatic carbocycles. The zero-order chi connectivity index (χ0) is 7.40. The fourth-order valence-corrected chi connectivity index (χ4v) is 1.92. The molecule has 0 saturated carbocycles. The summed E-state index contributed by atoms with van der Waals surface area (Å²) in [6, 6.07) is 10.7. The van der Waals surface area contributed by atoms with Crippen molar-refractivity contribution < 1.29 is 0 Å². The predicted octanol–water partition coefficient (Wildman–Crippen LogP) is 2.82. The van der Waals surface area contributed by atoms with Crippen LogP contribution in [-0.4, -0.2) is 5.66 Å². The Labute approximate surface area is 76.6 Å². The molecule has 0 bridgehead atoms. The molecular formula is C9H14ClP. The lowest BCUT2D eigenvalue weighted by molar-refractivity contribution is 1.11. The lowest BCUT2D eigenvalue weighted by Gasteiger charge is -2.03. The van der Waals surface area contributed by atoms with Gasteiger partial charge in [-0.1, -0.05) is 52.8 Å². The molecule has 1 aromatic rings. The number of rotatable bonds is 2. The van der Waals surface area contributed by atoms with Gasteiger partial charge in [-0.15, -0.1) is 12.4 Å². The molecule has 0 fully saturated rings. The molecule has 0 N–H and O–H groups in total. The first-order chi connectivity index (χ1) is 4.79. The summed E-state index contributed by atoms with van der Waals surface area (Å²) in [4.78, 5) is 0. The number of hydrogen-bond donors (Lipinski definition) is 0. The van der Waals surface area contributed by atoms with Crippen LogP contribution in [0.2, 0.25) is 0 Å². The molecule has 1 unspecified atom stereocenters. The van der Waals surface area contributed by atoms with Gasteiger partial charge in [0, 0.05) is 0 Å². The van der Waals surface area contributed by atoms with Crippen LogP contribution >= 0.6 is 21.0 Å². The van der Waals surface area contributed by atoms with Gasteiger partial charge < -0.3 is 0 Å². The highest BCUT2D eigenvalue weighted by molar-refractivity contribution is 7.47. The van der Waals surface area contributed by atoms with Gasteiger partial charge in [-0.25, -0.2) is 0 Å². The molecule has 0 radical (unpaired) electrons. The van der Waals surface area contributed by atoms with Crippen LogP contribution in [0.5, 0.6) is 0 Å². The topological polar surface area (TPSA) is 0 Å². The van der Waals surface area contributed by atoms with Crippen molar-refractivity contribution >= 4 is 26.3 Å². The van der Waals surface area contributed by atoms with Crippen molar-refractivity contribution in [1.29, 1.82) is 0 Å². The lowest BCUT2D eigenvalue weighted by Crippen LogP contribution is -1.96. The van der Waals surface area contributed by atoms with Crippen LogP contribution in [0.3, 0.4) is 0 Å². The minimum atomic E-state index is 0. The van der Waals surface area contributed by atoms with E-state index in [0.29, 0.717) is 0 Å². The van der Waals surface area contributed by atoms with Crippen molar-refractivity contribution in [2.75, 3.05) is 0 Å². The van der Waals surface area contributed by atoms with E-state index in [1.807, 2.05) is 0 Å². The SMILES string of the molecule is CC(C)Pc1ccccc1.Cl. The highest BCUT2D eigenvalue weighted by atomic mass is 35.5. The Morgan fingerprint density at radius 3 is 2.09 bits per heavy atom. The van der Waals surface area contributed by atoms with Gasteiger partial charge in [0.15, 0.2) is 0 Å². The van der Waals surface area contributed by atoms with Crippen molar-refractivity contribution in [2.45, 2.75) is 19.5 Å². The van der Waals surface area contributed by atoms with E-state index in [2.05, 4.69) is 44.2 Å². The Balaban J connectivity index is 0.000001000. The van der Waals surface area contributed by atoms with E-state index < -0.39 is 0 Å². The molecule has 62 valence electrons. The Morgan fingerprint density at radius 2 is 1.64 bits per heavy atom. The highest BCUT2D eigenvalue weighted by Crippen LogP contribution is 2.16. The second-order valence-electron chi connectivity index (χ2n) is 2.67. The Morgan fingerprint density at radius 1 is 1.09 bits per heavy atom. The maximum absolute atomic E-state index is 2.26. The van der Waals surface area contributed by atoms with Gasteiger partial charge in [0.25, 0.3) is 0 Å². The molecule has 1 aromatic carbocycles. The first kappa shape index (κ1) is 10.9. The maximum atomic E-state index is 2.26. The molecule has 0 nitrogen and oxygen atoms in total. The van der Waals surface area contributed by atoms with Crippen LogP contribution in [0.1, 0.15) is 13.8 Å². The van der Waals surface area contributed by atoms with E-state index in [4.69, 9.17) is 0 Å². The maximum Gasteiger partial charge on any atom is -0.0253 e. The summed E-state index contributed by atoms with van der Waals surface area (Å²) in [7, 11) is 0.961. The molecule has 11 heavy (non-hydrogen) atoms. The van der Waals surface area contributed by atoms with Gasteiger partial charge in [0.1, 0.15) is 0 Å². The molecule has 0 amide bonds. The Bertz CT molecular complexity index is 184. The first-order valence-corrected chi connectivity index (χ1v) is 4.68. The van der Waals surface area contributed by atoms with Crippen LogP contribution in [0, 0.1) is 0 Å². The quantitative estimate of drug-likeness (QED) is 0.627. The van der Waals surface area contributed by atoms with Gasteiger partial charge in [-0.05, 0) is 11.0 Å². The average Bonchev–Trinajstić information content (AvgIpc) is 1.88. The van der Waals surface area contributed by atoms with Crippen LogP contribution in [0.4, 0.5) is 0 Å². The van der Waals surface area contributed by atoms with Crippen molar-refractivity contribution in [2.24, 2.45) is 0 Å². The summed E-state index contributed by atoms with van der Waals surface area (Å²) in [6.45, 7) is 4.51. The second-order valence-corrected chi connectivity index (χ2v) is 4.69. The molecule has 1 rings (SSSR count). The zero-order valence-corrected chi connectivity index (χ0v) is 8.69. The van der Waals surface area contributed by atoms with Gasteiger partial charge in [0.05, 0.1) is 0 Å². The molecule has 0 aromatic heterocycles. The summed E-state index contributed by atoms with van der Waals surface area (Å²) < 4.78 is 0. The molecule has 0 saturated heterocycles.